The smallest absolute Gasteiger partial charge is 0.410 e. The van der Waals surface area contributed by atoms with E-state index in [9.17, 15) is 9.59 Å². The molecule has 8 nitrogen and oxygen atoms in total. The molecule has 1 aromatic heterocycles. The minimum Gasteiger partial charge on any atom is -0.492 e. The number of para-hydroxylation sites is 2. The summed E-state index contributed by atoms with van der Waals surface area (Å²) in [5.41, 5.74) is 1.58. The fourth-order valence-corrected chi connectivity index (χ4v) is 5.35. The highest BCUT2D eigenvalue weighted by Crippen LogP contribution is 2.32. The van der Waals surface area contributed by atoms with E-state index < -0.39 is 0 Å². The van der Waals surface area contributed by atoms with Crippen LogP contribution in [-0.4, -0.2) is 79.3 Å². The summed E-state index contributed by atoms with van der Waals surface area (Å²) in [7, 11) is 0. The quantitative estimate of drug-likeness (QED) is 0.587. The monoisotopic (exact) mass is 482 g/mol. The highest BCUT2D eigenvalue weighted by Gasteiger charge is 2.29. The molecule has 2 fully saturated rings. The summed E-state index contributed by atoms with van der Waals surface area (Å²) in [6.45, 7) is 6.58. The first-order valence-corrected chi connectivity index (χ1v) is 12.5. The molecule has 0 N–H and O–H groups in total. The number of hydrogen-bond acceptors (Lipinski definition) is 7. The molecule has 0 unspecified atom stereocenters. The number of benzene rings is 1. The van der Waals surface area contributed by atoms with E-state index >= 15 is 0 Å². The molecule has 34 heavy (non-hydrogen) atoms. The van der Waals surface area contributed by atoms with E-state index in [4.69, 9.17) is 15.9 Å². The molecule has 0 saturated carbocycles. The van der Waals surface area contributed by atoms with Gasteiger partial charge >= 0.3 is 6.09 Å². The van der Waals surface area contributed by atoms with Crippen LogP contribution >= 0.6 is 11.3 Å². The van der Waals surface area contributed by atoms with E-state index in [0.717, 1.165) is 42.4 Å². The molecular weight excluding hydrogens is 452 g/mol. The molecule has 9 heteroatoms. The third-order valence-electron chi connectivity index (χ3n) is 6.20. The van der Waals surface area contributed by atoms with Crippen LogP contribution in [0.3, 0.4) is 0 Å². The molecule has 0 atom stereocenters. The second kappa shape index (κ2) is 11.3. The molecule has 3 heterocycles. The van der Waals surface area contributed by atoms with Gasteiger partial charge in [0.2, 0.25) is 0 Å². The maximum absolute atomic E-state index is 13.1. The van der Waals surface area contributed by atoms with Gasteiger partial charge < -0.3 is 24.2 Å². The lowest BCUT2D eigenvalue weighted by Crippen LogP contribution is -2.49. The van der Waals surface area contributed by atoms with Crippen molar-refractivity contribution in [2.24, 2.45) is 0 Å². The van der Waals surface area contributed by atoms with E-state index in [0.29, 0.717) is 38.5 Å². The highest BCUT2D eigenvalue weighted by molar-refractivity contribution is 7.09. The first-order valence-electron chi connectivity index (χ1n) is 11.7. The van der Waals surface area contributed by atoms with Crippen molar-refractivity contribution >= 4 is 29.0 Å². The van der Waals surface area contributed by atoms with Crippen molar-refractivity contribution in [3.63, 3.8) is 0 Å². The number of piperidine rings is 1. The lowest BCUT2D eigenvalue weighted by molar-refractivity contribution is 0.0741. The number of amides is 2. The van der Waals surface area contributed by atoms with E-state index in [2.05, 4.69) is 21.9 Å². The van der Waals surface area contributed by atoms with Gasteiger partial charge in [-0.2, -0.15) is 0 Å². The molecule has 0 aliphatic carbocycles. The Bertz CT molecular complexity index is 1030. The Morgan fingerprint density at radius 1 is 1.12 bits per heavy atom. The summed E-state index contributed by atoms with van der Waals surface area (Å²) >= 11 is 1.53. The van der Waals surface area contributed by atoms with Crippen LogP contribution in [0, 0.1) is 12.3 Å². The van der Waals surface area contributed by atoms with Gasteiger partial charge in [-0.1, -0.05) is 18.1 Å². The largest absolute Gasteiger partial charge is 0.492 e. The Labute approximate surface area is 204 Å². The zero-order valence-corrected chi connectivity index (χ0v) is 20.3. The highest BCUT2D eigenvalue weighted by atomic mass is 32.1. The van der Waals surface area contributed by atoms with Crippen LogP contribution in [0.1, 0.15) is 41.2 Å². The minimum atomic E-state index is -0.366. The molecule has 2 aromatic rings. The molecule has 0 bridgehead atoms. The summed E-state index contributed by atoms with van der Waals surface area (Å²) < 4.78 is 10.8. The third kappa shape index (κ3) is 5.45. The zero-order chi connectivity index (χ0) is 23.9. The number of likely N-dealkylation sites (tertiary alicyclic amines) is 1. The molecule has 4 rings (SSSR count). The van der Waals surface area contributed by atoms with E-state index in [-0.39, 0.29) is 24.5 Å². The van der Waals surface area contributed by atoms with Crippen LogP contribution in [-0.2, 0) is 4.74 Å². The molecule has 0 radical (unpaired) electrons. The van der Waals surface area contributed by atoms with Crippen LogP contribution < -0.4 is 9.64 Å². The molecule has 1 aromatic carbocycles. The van der Waals surface area contributed by atoms with Gasteiger partial charge in [0, 0.05) is 50.6 Å². The van der Waals surface area contributed by atoms with Crippen LogP contribution in [0.25, 0.3) is 0 Å². The number of ether oxygens (including phenoxy) is 2. The molecule has 2 amide bonds. The lowest BCUT2D eigenvalue weighted by atomic mass is 9.98. The normalized spacial score (nSPS) is 16.8. The second-order valence-corrected chi connectivity index (χ2v) is 9.16. The molecular formula is C25H30N4O4S. The van der Waals surface area contributed by atoms with Gasteiger partial charge in [0.15, 0.2) is 6.61 Å². The van der Waals surface area contributed by atoms with Crippen molar-refractivity contribution in [1.82, 2.24) is 14.8 Å². The first kappa shape index (κ1) is 23.9. The maximum Gasteiger partial charge on any atom is 0.410 e. The molecule has 2 saturated heterocycles. The zero-order valence-electron chi connectivity index (χ0n) is 19.4. The number of anilines is 1. The van der Waals surface area contributed by atoms with Crippen molar-refractivity contribution in [3.8, 4) is 18.1 Å². The van der Waals surface area contributed by atoms with Crippen LogP contribution in [0.15, 0.2) is 29.6 Å². The maximum atomic E-state index is 13.1. The van der Waals surface area contributed by atoms with E-state index in [1.807, 2.05) is 35.4 Å². The molecule has 2 aliphatic heterocycles. The second-order valence-electron chi connectivity index (χ2n) is 8.27. The van der Waals surface area contributed by atoms with Gasteiger partial charge in [0.05, 0.1) is 17.3 Å². The van der Waals surface area contributed by atoms with Crippen molar-refractivity contribution in [3.05, 3.63) is 40.3 Å². The van der Waals surface area contributed by atoms with Crippen molar-refractivity contribution in [1.29, 1.82) is 0 Å². The summed E-state index contributed by atoms with van der Waals surface area (Å²) in [6, 6.07) is 8.03. The Kier molecular flexibility index (Phi) is 7.91. The minimum absolute atomic E-state index is 0.00992. The number of rotatable bonds is 6. The SMILES string of the molecule is C#CCOC(=O)N1CCC(c2nc(C(=O)N3CCN(c4ccccc4OCC)CC3)cs2)CC1. The first-order chi connectivity index (χ1) is 16.6. The number of hydrogen-bond donors (Lipinski definition) is 0. The average Bonchev–Trinajstić information content (AvgIpc) is 3.38. The van der Waals surface area contributed by atoms with Crippen LogP contribution in [0.2, 0.25) is 0 Å². The summed E-state index contributed by atoms with van der Waals surface area (Å²) in [6.07, 6.45) is 6.37. The average molecular weight is 483 g/mol. The van der Waals surface area contributed by atoms with Gasteiger partial charge in [0.25, 0.3) is 5.91 Å². The third-order valence-corrected chi connectivity index (χ3v) is 7.20. The van der Waals surface area contributed by atoms with Crippen molar-refractivity contribution in [2.45, 2.75) is 25.7 Å². The fraction of sp³-hybridized carbons (Fsp3) is 0.480. The number of terminal acetylenes is 1. The Morgan fingerprint density at radius 2 is 1.85 bits per heavy atom. The number of carbonyl (C=O) groups excluding carboxylic acids is 2. The lowest BCUT2D eigenvalue weighted by Gasteiger charge is -2.36. The summed E-state index contributed by atoms with van der Waals surface area (Å²) in [5.74, 6) is 3.42. The van der Waals surface area contributed by atoms with Gasteiger partial charge in [0.1, 0.15) is 11.4 Å². The van der Waals surface area contributed by atoms with E-state index in [1.54, 1.807) is 4.90 Å². The molecule has 0 spiro atoms. The number of thiazole rings is 1. The standard InChI is InChI=1S/C25H30N4O4S/c1-3-17-33-25(31)29-11-9-19(10-12-29)23-26-20(18-34-23)24(30)28-15-13-27(14-16-28)21-7-5-6-8-22(21)32-4-2/h1,5-8,18-19H,4,9-17H2,2H3. The van der Waals surface area contributed by atoms with Crippen molar-refractivity contribution < 1.29 is 19.1 Å². The number of piperazine rings is 1. The van der Waals surface area contributed by atoms with Crippen LogP contribution in [0.5, 0.6) is 5.75 Å². The number of carbonyl (C=O) groups is 2. The van der Waals surface area contributed by atoms with Crippen LogP contribution in [0.4, 0.5) is 10.5 Å². The Morgan fingerprint density at radius 3 is 2.56 bits per heavy atom. The van der Waals surface area contributed by atoms with Gasteiger partial charge in [-0.15, -0.1) is 17.8 Å². The summed E-state index contributed by atoms with van der Waals surface area (Å²) in [5, 5.41) is 2.83. The van der Waals surface area contributed by atoms with Crippen molar-refractivity contribution in [2.75, 3.05) is 57.4 Å². The Balaban J connectivity index is 1.30. The molecule has 180 valence electrons. The molecule has 2 aliphatic rings. The topological polar surface area (TPSA) is 75.2 Å². The predicted octanol–water partition coefficient (Wildman–Crippen LogP) is 3.45. The van der Waals surface area contributed by atoms with Gasteiger partial charge in [-0.3, -0.25) is 4.79 Å². The number of aromatic nitrogens is 1. The fourth-order valence-electron chi connectivity index (χ4n) is 4.39. The Hall–Kier alpha value is -3.25. The predicted molar refractivity (Wildman–Crippen MR) is 132 cm³/mol. The summed E-state index contributed by atoms with van der Waals surface area (Å²) in [4.78, 5) is 35.6. The van der Waals surface area contributed by atoms with Gasteiger partial charge in [-0.05, 0) is 31.9 Å². The van der Waals surface area contributed by atoms with Gasteiger partial charge in [-0.25, -0.2) is 9.78 Å². The van der Waals surface area contributed by atoms with E-state index in [1.165, 1.54) is 11.3 Å². The number of nitrogens with zero attached hydrogens (tertiary/aromatic N) is 4.